The Morgan fingerprint density at radius 1 is 1.44 bits per heavy atom. The highest BCUT2D eigenvalue weighted by molar-refractivity contribution is 5.76. The zero-order valence-electron chi connectivity index (χ0n) is 11.8. The van der Waals surface area contributed by atoms with Crippen LogP contribution in [0.25, 0.3) is 0 Å². The summed E-state index contributed by atoms with van der Waals surface area (Å²) >= 11 is 0. The maximum atomic E-state index is 12.0. The van der Waals surface area contributed by atoms with Crippen LogP contribution in [0.3, 0.4) is 0 Å². The lowest BCUT2D eigenvalue weighted by Crippen LogP contribution is -2.61. The van der Waals surface area contributed by atoms with Gasteiger partial charge in [-0.05, 0) is 31.6 Å². The van der Waals surface area contributed by atoms with E-state index < -0.39 is 0 Å². The molecule has 1 aliphatic heterocycles. The highest BCUT2D eigenvalue weighted by Crippen LogP contribution is 2.38. The normalized spacial score (nSPS) is 33.2. The van der Waals surface area contributed by atoms with Crippen molar-refractivity contribution >= 4 is 5.97 Å². The molecule has 0 amide bonds. The van der Waals surface area contributed by atoms with Gasteiger partial charge in [0.25, 0.3) is 0 Å². The van der Waals surface area contributed by atoms with Crippen molar-refractivity contribution in [1.82, 2.24) is 10.2 Å². The van der Waals surface area contributed by atoms with Crippen molar-refractivity contribution in [3.63, 3.8) is 0 Å². The molecule has 1 saturated carbocycles. The molecular weight excluding hydrogens is 228 g/mol. The second-order valence-corrected chi connectivity index (χ2v) is 5.84. The number of carbonyl (C=O) groups excluding carboxylic acids is 1. The second-order valence-electron chi connectivity index (χ2n) is 5.84. The van der Waals surface area contributed by atoms with Crippen molar-refractivity contribution in [3.05, 3.63) is 0 Å². The van der Waals surface area contributed by atoms with Gasteiger partial charge in [-0.25, -0.2) is 0 Å². The Kier molecular flexibility index (Phi) is 4.62. The Balaban J connectivity index is 1.91. The summed E-state index contributed by atoms with van der Waals surface area (Å²) in [6.45, 7) is 9.63. The number of nitrogens with zero attached hydrogens (tertiary/aromatic N) is 1. The van der Waals surface area contributed by atoms with Crippen LogP contribution in [0.15, 0.2) is 0 Å². The van der Waals surface area contributed by atoms with E-state index in [1.54, 1.807) is 0 Å². The summed E-state index contributed by atoms with van der Waals surface area (Å²) in [5.41, 5.74) is 0. The van der Waals surface area contributed by atoms with Crippen molar-refractivity contribution in [2.24, 2.45) is 11.8 Å². The van der Waals surface area contributed by atoms with Gasteiger partial charge >= 0.3 is 5.97 Å². The molecule has 1 aliphatic carbocycles. The van der Waals surface area contributed by atoms with Gasteiger partial charge in [0.1, 0.15) is 6.04 Å². The maximum absolute atomic E-state index is 12.0. The molecule has 2 aliphatic rings. The number of piperazine rings is 1. The van der Waals surface area contributed by atoms with Gasteiger partial charge in [0, 0.05) is 25.7 Å². The molecule has 0 aromatic heterocycles. The summed E-state index contributed by atoms with van der Waals surface area (Å²) in [6.07, 6.45) is 2.49. The Morgan fingerprint density at radius 2 is 2.17 bits per heavy atom. The van der Waals surface area contributed by atoms with Crippen molar-refractivity contribution < 1.29 is 9.53 Å². The van der Waals surface area contributed by atoms with Crippen LogP contribution >= 0.6 is 0 Å². The minimum absolute atomic E-state index is 0.0577. The molecule has 104 valence electrons. The molecule has 2 fully saturated rings. The van der Waals surface area contributed by atoms with Gasteiger partial charge in [0.05, 0.1) is 6.61 Å². The summed E-state index contributed by atoms with van der Waals surface area (Å²) < 4.78 is 5.18. The van der Waals surface area contributed by atoms with Crippen molar-refractivity contribution in [2.75, 3.05) is 26.2 Å². The van der Waals surface area contributed by atoms with E-state index in [0.717, 1.165) is 31.5 Å². The lowest BCUT2D eigenvalue weighted by molar-refractivity contribution is -0.153. The van der Waals surface area contributed by atoms with Crippen molar-refractivity contribution in [3.8, 4) is 0 Å². The third-order valence-corrected chi connectivity index (χ3v) is 4.40. The van der Waals surface area contributed by atoms with E-state index >= 15 is 0 Å². The molecule has 0 bridgehead atoms. The van der Waals surface area contributed by atoms with E-state index in [2.05, 4.69) is 24.1 Å². The van der Waals surface area contributed by atoms with E-state index in [-0.39, 0.29) is 12.0 Å². The molecule has 1 heterocycles. The molecule has 0 aromatic rings. The van der Waals surface area contributed by atoms with Gasteiger partial charge in [0.15, 0.2) is 0 Å². The van der Waals surface area contributed by atoms with Crippen molar-refractivity contribution in [2.45, 2.75) is 45.7 Å². The number of hydrogen-bond donors (Lipinski definition) is 1. The highest BCUT2D eigenvalue weighted by atomic mass is 16.5. The third-order valence-electron chi connectivity index (χ3n) is 4.40. The zero-order chi connectivity index (χ0) is 13.1. The monoisotopic (exact) mass is 254 g/mol. The van der Waals surface area contributed by atoms with Crippen LogP contribution in [0.4, 0.5) is 0 Å². The van der Waals surface area contributed by atoms with Crippen LogP contribution in [-0.4, -0.2) is 49.2 Å². The number of esters is 1. The van der Waals surface area contributed by atoms with Crippen LogP contribution in [-0.2, 0) is 9.53 Å². The highest BCUT2D eigenvalue weighted by Gasteiger charge is 2.41. The fraction of sp³-hybridized carbons (Fsp3) is 0.929. The fourth-order valence-corrected chi connectivity index (χ4v) is 3.06. The van der Waals surface area contributed by atoms with Crippen molar-refractivity contribution in [1.29, 1.82) is 0 Å². The lowest BCUT2D eigenvalue weighted by atomic mass is 9.72. The van der Waals surface area contributed by atoms with Crippen LogP contribution in [0, 0.1) is 11.8 Å². The molecule has 1 atom stereocenters. The van der Waals surface area contributed by atoms with Gasteiger partial charge < -0.3 is 10.1 Å². The molecule has 2 rings (SSSR count). The van der Waals surface area contributed by atoms with Gasteiger partial charge in [-0.15, -0.1) is 0 Å². The average Bonchev–Trinajstić information content (AvgIpc) is 2.27. The Morgan fingerprint density at radius 3 is 2.78 bits per heavy atom. The second kappa shape index (κ2) is 6.02. The molecule has 1 N–H and O–H groups in total. The molecule has 0 radical (unpaired) electrons. The Hall–Kier alpha value is -0.610. The molecule has 0 spiro atoms. The molecule has 4 nitrogen and oxygen atoms in total. The lowest BCUT2D eigenvalue weighted by Gasteiger charge is -2.48. The van der Waals surface area contributed by atoms with Gasteiger partial charge in [-0.1, -0.05) is 13.8 Å². The smallest absolute Gasteiger partial charge is 0.324 e. The van der Waals surface area contributed by atoms with Crippen LogP contribution in [0.5, 0.6) is 0 Å². The quantitative estimate of drug-likeness (QED) is 0.767. The van der Waals surface area contributed by atoms with Crippen LogP contribution < -0.4 is 5.32 Å². The number of rotatable bonds is 4. The van der Waals surface area contributed by atoms with E-state index in [9.17, 15) is 4.79 Å². The van der Waals surface area contributed by atoms with E-state index in [0.29, 0.717) is 12.6 Å². The van der Waals surface area contributed by atoms with Crippen LogP contribution in [0.1, 0.15) is 33.6 Å². The molecule has 0 aromatic carbocycles. The summed E-state index contributed by atoms with van der Waals surface area (Å²) in [7, 11) is 0. The fourth-order valence-electron chi connectivity index (χ4n) is 3.06. The van der Waals surface area contributed by atoms with Gasteiger partial charge in [-0.2, -0.15) is 0 Å². The van der Waals surface area contributed by atoms with Gasteiger partial charge in [-0.3, -0.25) is 9.69 Å². The largest absolute Gasteiger partial charge is 0.465 e. The first kappa shape index (κ1) is 13.8. The van der Waals surface area contributed by atoms with E-state index in [1.165, 1.54) is 12.8 Å². The Labute approximate surface area is 110 Å². The predicted molar refractivity (Wildman–Crippen MR) is 71.3 cm³/mol. The average molecular weight is 254 g/mol. The summed E-state index contributed by atoms with van der Waals surface area (Å²) in [6, 6.07) is 0.519. The minimum Gasteiger partial charge on any atom is -0.465 e. The SMILES string of the molecule is CCOC(=O)C1CNCCN1C1CC(C(C)C)C1. The molecule has 1 unspecified atom stereocenters. The van der Waals surface area contributed by atoms with E-state index in [1.807, 2.05) is 6.92 Å². The third kappa shape index (κ3) is 2.86. The molecule has 1 saturated heterocycles. The summed E-state index contributed by atoms with van der Waals surface area (Å²) in [5.74, 6) is 1.55. The number of carbonyl (C=O) groups is 1. The van der Waals surface area contributed by atoms with Gasteiger partial charge in [0.2, 0.25) is 0 Å². The topological polar surface area (TPSA) is 41.6 Å². The Bertz CT molecular complexity index is 288. The predicted octanol–water partition coefficient (Wildman–Crippen LogP) is 1.26. The first-order valence-electron chi connectivity index (χ1n) is 7.26. The number of ether oxygens (including phenoxy) is 1. The molecule has 18 heavy (non-hydrogen) atoms. The number of hydrogen-bond acceptors (Lipinski definition) is 4. The number of nitrogens with one attached hydrogen (secondary N) is 1. The molecule has 4 heteroatoms. The minimum atomic E-state index is -0.0724. The van der Waals surface area contributed by atoms with E-state index in [4.69, 9.17) is 4.74 Å². The maximum Gasteiger partial charge on any atom is 0.324 e. The first-order chi connectivity index (χ1) is 8.63. The summed E-state index contributed by atoms with van der Waals surface area (Å²) in [5, 5.41) is 3.30. The molecular formula is C14H26N2O2. The standard InChI is InChI=1S/C14H26N2O2/c1-4-18-14(17)13-9-15-5-6-16(13)12-7-11(8-12)10(2)3/h10-13,15H,4-9H2,1-3H3. The van der Waals surface area contributed by atoms with Crippen LogP contribution in [0.2, 0.25) is 0 Å². The summed E-state index contributed by atoms with van der Waals surface area (Å²) in [4.78, 5) is 14.3. The first-order valence-corrected chi connectivity index (χ1v) is 7.26. The zero-order valence-corrected chi connectivity index (χ0v) is 11.8.